The number of hydrogen-bond donors (Lipinski definition) is 0. The van der Waals surface area contributed by atoms with Gasteiger partial charge in [0.1, 0.15) is 0 Å². The second-order valence-electron chi connectivity index (χ2n) is 3.74. The zero-order chi connectivity index (χ0) is 12.3. The summed E-state index contributed by atoms with van der Waals surface area (Å²) in [5.74, 6) is -0.352. The van der Waals surface area contributed by atoms with Gasteiger partial charge in [-0.1, -0.05) is 30.3 Å². The van der Waals surface area contributed by atoms with E-state index in [1.54, 1.807) is 6.20 Å². The molecule has 86 valence electrons. The highest BCUT2D eigenvalue weighted by molar-refractivity contribution is 5.91. The molecule has 2 aromatic rings. The van der Waals surface area contributed by atoms with Crippen LogP contribution in [0.2, 0.25) is 0 Å². The summed E-state index contributed by atoms with van der Waals surface area (Å²) < 4.78 is 4.68. The van der Waals surface area contributed by atoms with Gasteiger partial charge in [0.15, 0.2) is 0 Å². The van der Waals surface area contributed by atoms with Gasteiger partial charge >= 0.3 is 5.97 Å². The Labute approximate surface area is 100 Å². The molecule has 0 fully saturated rings. The molecular formula is C14H13NO2. The summed E-state index contributed by atoms with van der Waals surface area (Å²) in [7, 11) is 1.37. The van der Waals surface area contributed by atoms with Crippen LogP contribution in [-0.4, -0.2) is 18.1 Å². The first-order valence-electron chi connectivity index (χ1n) is 5.33. The molecule has 0 unspecified atom stereocenters. The van der Waals surface area contributed by atoms with E-state index in [0.717, 1.165) is 16.8 Å². The van der Waals surface area contributed by atoms with Crippen LogP contribution >= 0.6 is 0 Å². The second-order valence-corrected chi connectivity index (χ2v) is 3.74. The van der Waals surface area contributed by atoms with Crippen LogP contribution in [0.15, 0.2) is 42.6 Å². The lowest BCUT2D eigenvalue weighted by Gasteiger charge is -2.06. The number of aryl methyl sites for hydroxylation is 1. The predicted molar refractivity (Wildman–Crippen MR) is 65.7 cm³/mol. The molecule has 0 saturated carbocycles. The molecule has 0 radical (unpaired) electrons. The molecule has 17 heavy (non-hydrogen) atoms. The Morgan fingerprint density at radius 1 is 1.24 bits per heavy atom. The number of benzene rings is 1. The zero-order valence-electron chi connectivity index (χ0n) is 9.81. The van der Waals surface area contributed by atoms with Crippen LogP contribution in [0.4, 0.5) is 0 Å². The fourth-order valence-corrected chi connectivity index (χ4v) is 1.65. The Balaban J connectivity index is 2.41. The van der Waals surface area contributed by atoms with E-state index in [4.69, 9.17) is 0 Å². The predicted octanol–water partition coefficient (Wildman–Crippen LogP) is 2.84. The van der Waals surface area contributed by atoms with E-state index in [9.17, 15) is 4.79 Å². The summed E-state index contributed by atoms with van der Waals surface area (Å²) in [6, 6.07) is 11.7. The van der Waals surface area contributed by atoms with Crippen molar-refractivity contribution < 1.29 is 9.53 Å². The van der Waals surface area contributed by atoms with Gasteiger partial charge in [-0.3, -0.25) is 4.98 Å². The average Bonchev–Trinajstić information content (AvgIpc) is 2.39. The molecule has 0 aliphatic carbocycles. The monoisotopic (exact) mass is 227 g/mol. The minimum absolute atomic E-state index is 0.352. The number of hydrogen-bond acceptors (Lipinski definition) is 3. The van der Waals surface area contributed by atoms with Crippen molar-refractivity contribution in [2.75, 3.05) is 7.11 Å². The van der Waals surface area contributed by atoms with Crippen LogP contribution < -0.4 is 0 Å². The van der Waals surface area contributed by atoms with E-state index >= 15 is 0 Å². The fraction of sp³-hybridized carbons (Fsp3) is 0.143. The van der Waals surface area contributed by atoms with Crippen molar-refractivity contribution in [3.05, 3.63) is 53.7 Å². The molecule has 3 heteroatoms. The van der Waals surface area contributed by atoms with Crippen LogP contribution in [-0.2, 0) is 4.74 Å². The number of aromatic nitrogens is 1. The smallest absolute Gasteiger partial charge is 0.339 e. The van der Waals surface area contributed by atoms with Crippen molar-refractivity contribution in [1.82, 2.24) is 4.98 Å². The lowest BCUT2D eigenvalue weighted by Crippen LogP contribution is -2.04. The number of nitrogens with zero attached hydrogens (tertiary/aromatic N) is 1. The topological polar surface area (TPSA) is 39.2 Å². The Bertz CT molecular complexity index is 535. The Hall–Kier alpha value is -2.16. The van der Waals surface area contributed by atoms with Crippen molar-refractivity contribution in [1.29, 1.82) is 0 Å². The highest BCUT2D eigenvalue weighted by atomic mass is 16.5. The molecule has 0 aliphatic rings. The van der Waals surface area contributed by atoms with Gasteiger partial charge in [0.05, 0.1) is 18.4 Å². The summed E-state index contributed by atoms with van der Waals surface area (Å²) >= 11 is 0. The molecule has 0 aliphatic heterocycles. The number of rotatable bonds is 2. The van der Waals surface area contributed by atoms with E-state index in [2.05, 4.69) is 9.72 Å². The lowest BCUT2D eigenvalue weighted by atomic mass is 10.1. The van der Waals surface area contributed by atoms with Crippen LogP contribution in [0.25, 0.3) is 11.3 Å². The van der Waals surface area contributed by atoms with Gasteiger partial charge < -0.3 is 4.74 Å². The van der Waals surface area contributed by atoms with Gasteiger partial charge in [0, 0.05) is 11.8 Å². The Kier molecular flexibility index (Phi) is 3.19. The summed E-state index contributed by atoms with van der Waals surface area (Å²) in [6.07, 6.45) is 1.56. The maximum atomic E-state index is 11.4. The molecule has 0 atom stereocenters. The SMILES string of the molecule is COC(=O)c1cnc(-c2ccccc2)cc1C. The minimum atomic E-state index is -0.352. The summed E-state index contributed by atoms with van der Waals surface area (Å²) in [6.45, 7) is 1.88. The van der Waals surface area contributed by atoms with Gasteiger partial charge in [-0.25, -0.2) is 4.79 Å². The quantitative estimate of drug-likeness (QED) is 0.740. The number of esters is 1. The first-order valence-corrected chi connectivity index (χ1v) is 5.33. The van der Waals surface area contributed by atoms with Crippen molar-refractivity contribution in [2.24, 2.45) is 0 Å². The maximum absolute atomic E-state index is 11.4. The first kappa shape index (κ1) is 11.3. The molecule has 0 spiro atoms. The highest BCUT2D eigenvalue weighted by Crippen LogP contribution is 2.19. The molecule has 0 amide bonds. The molecular weight excluding hydrogens is 214 g/mol. The zero-order valence-corrected chi connectivity index (χ0v) is 9.81. The normalized spacial score (nSPS) is 10.0. The van der Waals surface area contributed by atoms with E-state index in [0.29, 0.717) is 5.56 Å². The van der Waals surface area contributed by atoms with E-state index < -0.39 is 0 Å². The molecule has 0 N–H and O–H groups in total. The third-order valence-electron chi connectivity index (χ3n) is 2.59. The Morgan fingerprint density at radius 3 is 2.53 bits per heavy atom. The minimum Gasteiger partial charge on any atom is -0.465 e. The van der Waals surface area contributed by atoms with Gasteiger partial charge in [-0.05, 0) is 18.6 Å². The van der Waals surface area contributed by atoms with Gasteiger partial charge in [-0.15, -0.1) is 0 Å². The third-order valence-corrected chi connectivity index (χ3v) is 2.59. The fourth-order valence-electron chi connectivity index (χ4n) is 1.65. The summed E-state index contributed by atoms with van der Waals surface area (Å²) in [5, 5.41) is 0. The third kappa shape index (κ3) is 2.33. The van der Waals surface area contributed by atoms with E-state index in [1.165, 1.54) is 7.11 Å². The van der Waals surface area contributed by atoms with Gasteiger partial charge in [0.2, 0.25) is 0 Å². The average molecular weight is 227 g/mol. The first-order chi connectivity index (χ1) is 8.22. The van der Waals surface area contributed by atoms with Crippen LogP contribution in [0.3, 0.4) is 0 Å². The maximum Gasteiger partial charge on any atom is 0.339 e. The molecule has 0 saturated heterocycles. The van der Waals surface area contributed by atoms with Gasteiger partial charge in [0.25, 0.3) is 0 Å². The molecule has 1 heterocycles. The van der Waals surface area contributed by atoms with Crippen LogP contribution in [0, 0.1) is 6.92 Å². The van der Waals surface area contributed by atoms with Crippen molar-refractivity contribution in [3.8, 4) is 11.3 Å². The molecule has 0 bridgehead atoms. The van der Waals surface area contributed by atoms with Crippen LogP contribution in [0.1, 0.15) is 15.9 Å². The largest absolute Gasteiger partial charge is 0.465 e. The second kappa shape index (κ2) is 4.78. The number of pyridine rings is 1. The van der Waals surface area contributed by atoms with Crippen molar-refractivity contribution >= 4 is 5.97 Å². The summed E-state index contributed by atoms with van der Waals surface area (Å²) in [5.41, 5.74) is 3.26. The van der Waals surface area contributed by atoms with Gasteiger partial charge in [-0.2, -0.15) is 0 Å². The lowest BCUT2D eigenvalue weighted by molar-refractivity contribution is 0.0599. The number of carbonyl (C=O) groups excluding carboxylic acids is 1. The highest BCUT2D eigenvalue weighted by Gasteiger charge is 2.10. The standard InChI is InChI=1S/C14H13NO2/c1-10-8-13(11-6-4-3-5-7-11)15-9-12(10)14(16)17-2/h3-9H,1-2H3. The molecule has 3 nitrogen and oxygen atoms in total. The van der Waals surface area contributed by atoms with Crippen LogP contribution in [0.5, 0.6) is 0 Å². The Morgan fingerprint density at radius 2 is 1.94 bits per heavy atom. The molecule has 1 aromatic carbocycles. The van der Waals surface area contributed by atoms with Crippen molar-refractivity contribution in [2.45, 2.75) is 6.92 Å². The summed E-state index contributed by atoms with van der Waals surface area (Å²) in [4.78, 5) is 15.7. The molecule has 1 aromatic heterocycles. The molecule has 2 rings (SSSR count). The van der Waals surface area contributed by atoms with E-state index in [1.807, 2.05) is 43.3 Å². The van der Waals surface area contributed by atoms with Crippen molar-refractivity contribution in [3.63, 3.8) is 0 Å². The number of ether oxygens (including phenoxy) is 1. The number of carbonyl (C=O) groups is 1. The number of methoxy groups -OCH3 is 1. The van der Waals surface area contributed by atoms with E-state index in [-0.39, 0.29) is 5.97 Å².